The van der Waals surface area contributed by atoms with Gasteiger partial charge in [-0.3, -0.25) is 4.68 Å². The molecule has 3 atom stereocenters. The molecule has 1 aliphatic rings. The highest BCUT2D eigenvalue weighted by atomic mass is 28.4. The highest BCUT2D eigenvalue weighted by Gasteiger charge is 2.43. The Morgan fingerprint density at radius 2 is 1.83 bits per heavy atom. The molecule has 0 saturated heterocycles. The fourth-order valence-corrected chi connectivity index (χ4v) is 5.19. The number of carbonyl (C=O) groups is 1. The molecule has 2 aromatic rings. The van der Waals surface area contributed by atoms with Crippen LogP contribution in [-0.2, 0) is 16.2 Å². The lowest BCUT2D eigenvalue weighted by atomic mass is 9.82. The summed E-state index contributed by atoms with van der Waals surface area (Å²) in [6, 6.07) is 11.3. The number of esters is 1. The highest BCUT2D eigenvalue weighted by Crippen LogP contribution is 2.42. The first-order chi connectivity index (χ1) is 13.6. The van der Waals surface area contributed by atoms with E-state index >= 15 is 0 Å². The van der Waals surface area contributed by atoms with Gasteiger partial charge in [0, 0.05) is 37.4 Å². The zero-order chi connectivity index (χ0) is 21.2. The summed E-state index contributed by atoms with van der Waals surface area (Å²) in [5.74, 6) is -0.134. The van der Waals surface area contributed by atoms with Crippen molar-refractivity contribution >= 4 is 14.3 Å². The SMILES string of the molecule is Cn1nccc1C1CCC(O[Si](C)(C)C(C)(C)C)CC1OC(=O)c1ccccc1. The van der Waals surface area contributed by atoms with Crippen molar-refractivity contribution in [2.75, 3.05) is 0 Å². The molecule has 0 spiro atoms. The minimum Gasteiger partial charge on any atom is -0.458 e. The van der Waals surface area contributed by atoms with Gasteiger partial charge in [-0.2, -0.15) is 5.10 Å². The van der Waals surface area contributed by atoms with Crippen LogP contribution >= 0.6 is 0 Å². The van der Waals surface area contributed by atoms with E-state index in [1.165, 1.54) is 0 Å². The second-order valence-electron chi connectivity index (χ2n) is 9.61. The fourth-order valence-electron chi connectivity index (χ4n) is 3.79. The van der Waals surface area contributed by atoms with Gasteiger partial charge in [0.05, 0.1) is 5.56 Å². The van der Waals surface area contributed by atoms with Crippen LogP contribution in [0.2, 0.25) is 18.1 Å². The molecule has 0 amide bonds. The van der Waals surface area contributed by atoms with Crippen molar-refractivity contribution in [3.05, 3.63) is 53.9 Å². The van der Waals surface area contributed by atoms with Gasteiger partial charge in [0.2, 0.25) is 0 Å². The lowest BCUT2D eigenvalue weighted by Crippen LogP contribution is -2.47. The van der Waals surface area contributed by atoms with Crippen molar-refractivity contribution in [2.24, 2.45) is 7.05 Å². The Morgan fingerprint density at radius 1 is 1.14 bits per heavy atom. The number of hydrogen-bond donors (Lipinski definition) is 0. The van der Waals surface area contributed by atoms with Gasteiger partial charge < -0.3 is 9.16 Å². The van der Waals surface area contributed by atoms with E-state index in [4.69, 9.17) is 9.16 Å². The third kappa shape index (κ3) is 4.98. The standard InChI is InChI=1S/C23H34N2O3Si/c1-23(2,3)29(5,6)28-18-12-13-19(20-14-15-24-25(20)4)21(16-18)27-22(26)17-10-8-7-9-11-17/h7-11,14-15,18-19,21H,12-13,16H2,1-6H3. The van der Waals surface area contributed by atoms with E-state index in [1.54, 1.807) is 12.1 Å². The van der Waals surface area contributed by atoms with Crippen molar-refractivity contribution in [3.8, 4) is 0 Å². The molecular weight excluding hydrogens is 380 g/mol. The summed E-state index contributed by atoms with van der Waals surface area (Å²) in [5, 5.41) is 4.48. The maximum atomic E-state index is 12.8. The van der Waals surface area contributed by atoms with Crippen LogP contribution in [0.15, 0.2) is 42.6 Å². The monoisotopic (exact) mass is 414 g/mol. The summed E-state index contributed by atoms with van der Waals surface area (Å²) in [5.41, 5.74) is 1.70. The Labute approximate surface area is 175 Å². The van der Waals surface area contributed by atoms with Gasteiger partial charge in [-0.05, 0) is 49.2 Å². The molecule has 5 nitrogen and oxygen atoms in total. The lowest BCUT2D eigenvalue weighted by molar-refractivity contribution is -0.0102. The summed E-state index contributed by atoms with van der Waals surface area (Å²) in [7, 11) is 0.0651. The lowest BCUT2D eigenvalue weighted by Gasteiger charge is -2.43. The summed E-state index contributed by atoms with van der Waals surface area (Å²) in [6.07, 6.45) is 4.33. The predicted molar refractivity (Wildman–Crippen MR) is 118 cm³/mol. The van der Waals surface area contributed by atoms with Crippen molar-refractivity contribution in [2.45, 2.75) is 76.3 Å². The number of rotatable bonds is 5. The minimum absolute atomic E-state index is 0.119. The Hall–Kier alpha value is -1.92. The van der Waals surface area contributed by atoms with E-state index in [0.29, 0.717) is 5.56 Å². The summed E-state index contributed by atoms with van der Waals surface area (Å²) < 4.78 is 14.6. The van der Waals surface area contributed by atoms with E-state index in [2.05, 4.69) is 39.0 Å². The quantitative estimate of drug-likeness (QED) is 0.492. The zero-order valence-electron chi connectivity index (χ0n) is 18.5. The average Bonchev–Trinajstić information content (AvgIpc) is 3.07. The van der Waals surface area contributed by atoms with E-state index in [1.807, 2.05) is 42.2 Å². The van der Waals surface area contributed by atoms with E-state index in [-0.39, 0.29) is 29.1 Å². The maximum Gasteiger partial charge on any atom is 0.338 e. The molecule has 0 radical (unpaired) electrons. The molecule has 1 fully saturated rings. The van der Waals surface area contributed by atoms with Crippen LogP contribution in [0.3, 0.4) is 0 Å². The number of aryl methyl sites for hydroxylation is 1. The van der Waals surface area contributed by atoms with Crippen LogP contribution < -0.4 is 0 Å². The molecule has 1 aromatic heterocycles. The van der Waals surface area contributed by atoms with Crippen LogP contribution in [0.25, 0.3) is 0 Å². The largest absolute Gasteiger partial charge is 0.458 e. The van der Waals surface area contributed by atoms with Crippen LogP contribution in [0, 0.1) is 0 Å². The van der Waals surface area contributed by atoms with Crippen LogP contribution in [0.5, 0.6) is 0 Å². The van der Waals surface area contributed by atoms with Crippen molar-refractivity contribution in [3.63, 3.8) is 0 Å². The zero-order valence-corrected chi connectivity index (χ0v) is 19.5. The first-order valence-electron chi connectivity index (χ1n) is 10.5. The molecule has 3 unspecified atom stereocenters. The number of carbonyl (C=O) groups excluding carboxylic acids is 1. The topological polar surface area (TPSA) is 53.4 Å². The minimum atomic E-state index is -1.88. The van der Waals surface area contributed by atoms with Crippen molar-refractivity contribution < 1.29 is 14.0 Å². The van der Waals surface area contributed by atoms with Gasteiger partial charge >= 0.3 is 5.97 Å². The van der Waals surface area contributed by atoms with Gasteiger partial charge in [-0.1, -0.05) is 39.0 Å². The maximum absolute atomic E-state index is 12.8. The predicted octanol–water partition coefficient (Wildman–Crippen LogP) is 5.30. The smallest absolute Gasteiger partial charge is 0.338 e. The summed E-state index contributed by atoms with van der Waals surface area (Å²) in [4.78, 5) is 12.8. The van der Waals surface area contributed by atoms with Gasteiger partial charge in [0.15, 0.2) is 8.32 Å². The second kappa shape index (κ2) is 8.44. The molecule has 0 N–H and O–H groups in total. The van der Waals surface area contributed by atoms with E-state index in [9.17, 15) is 4.79 Å². The van der Waals surface area contributed by atoms with Gasteiger partial charge in [-0.15, -0.1) is 0 Å². The normalized spacial score (nSPS) is 23.0. The Morgan fingerprint density at radius 3 is 2.41 bits per heavy atom. The third-order valence-corrected chi connectivity index (χ3v) is 11.1. The first-order valence-corrected chi connectivity index (χ1v) is 13.4. The van der Waals surface area contributed by atoms with E-state index < -0.39 is 8.32 Å². The molecule has 1 heterocycles. The molecule has 0 bridgehead atoms. The van der Waals surface area contributed by atoms with E-state index in [0.717, 1.165) is 25.0 Å². The molecule has 29 heavy (non-hydrogen) atoms. The van der Waals surface area contributed by atoms with Crippen LogP contribution in [0.4, 0.5) is 0 Å². The van der Waals surface area contributed by atoms with Crippen molar-refractivity contribution in [1.82, 2.24) is 9.78 Å². The molecule has 1 saturated carbocycles. The number of ether oxygens (including phenoxy) is 1. The average molecular weight is 415 g/mol. The Kier molecular flexibility index (Phi) is 6.34. The van der Waals surface area contributed by atoms with Gasteiger partial charge in [-0.25, -0.2) is 4.79 Å². The van der Waals surface area contributed by atoms with Gasteiger partial charge in [0.1, 0.15) is 6.10 Å². The molecule has 3 rings (SSSR count). The van der Waals surface area contributed by atoms with Crippen LogP contribution in [0.1, 0.15) is 62.0 Å². The molecule has 6 heteroatoms. The molecule has 1 aliphatic carbocycles. The fraction of sp³-hybridized carbons (Fsp3) is 0.565. The molecule has 1 aromatic carbocycles. The third-order valence-electron chi connectivity index (χ3n) is 6.52. The van der Waals surface area contributed by atoms with Crippen LogP contribution in [-0.4, -0.2) is 36.3 Å². The number of hydrogen-bond acceptors (Lipinski definition) is 4. The number of aromatic nitrogens is 2. The first kappa shape index (κ1) is 21.8. The number of nitrogens with zero attached hydrogens (tertiary/aromatic N) is 2. The Bertz CT molecular complexity index is 826. The number of benzene rings is 1. The summed E-state index contributed by atoms with van der Waals surface area (Å²) >= 11 is 0. The second-order valence-corrected chi connectivity index (χ2v) is 14.4. The molecular formula is C23H34N2O3Si. The summed E-state index contributed by atoms with van der Waals surface area (Å²) in [6.45, 7) is 11.3. The van der Waals surface area contributed by atoms with Crippen molar-refractivity contribution in [1.29, 1.82) is 0 Å². The van der Waals surface area contributed by atoms with Gasteiger partial charge in [0.25, 0.3) is 0 Å². The molecule has 158 valence electrons. The molecule has 0 aliphatic heterocycles. The Balaban J connectivity index is 1.80. The highest BCUT2D eigenvalue weighted by molar-refractivity contribution is 6.74.